The van der Waals surface area contributed by atoms with Crippen LogP contribution in [0.1, 0.15) is 23.8 Å². The van der Waals surface area contributed by atoms with E-state index in [1.54, 1.807) is 11.3 Å². The van der Waals surface area contributed by atoms with E-state index in [0.29, 0.717) is 12.3 Å². The quantitative estimate of drug-likeness (QED) is 0.780. The zero-order chi connectivity index (χ0) is 12.5. The normalized spacial score (nSPS) is 11.9. The van der Waals surface area contributed by atoms with E-state index in [-0.39, 0.29) is 13.2 Å². The highest BCUT2D eigenvalue weighted by Crippen LogP contribution is 2.21. The van der Waals surface area contributed by atoms with E-state index in [9.17, 15) is 0 Å². The van der Waals surface area contributed by atoms with E-state index < -0.39 is 0 Å². The molecule has 1 rings (SSSR count). The number of hydrogen-bond donors (Lipinski definition) is 2. The third-order valence-corrected chi connectivity index (χ3v) is 4.52. The molecule has 0 amide bonds. The molecular formula is C13H18O2S2. The topological polar surface area (TPSA) is 40.5 Å². The van der Waals surface area contributed by atoms with Gasteiger partial charge in [-0.2, -0.15) is 11.8 Å². The van der Waals surface area contributed by atoms with Gasteiger partial charge in [0.25, 0.3) is 0 Å². The molecule has 0 aliphatic carbocycles. The van der Waals surface area contributed by atoms with Crippen molar-refractivity contribution in [2.45, 2.75) is 19.1 Å². The molecule has 0 radical (unpaired) electrons. The van der Waals surface area contributed by atoms with Crippen molar-refractivity contribution < 1.29 is 10.2 Å². The molecule has 0 aliphatic rings. The molecule has 17 heavy (non-hydrogen) atoms. The average Bonchev–Trinajstić information content (AvgIpc) is 2.77. The van der Waals surface area contributed by atoms with Crippen LogP contribution in [0.2, 0.25) is 0 Å². The van der Waals surface area contributed by atoms with Crippen LogP contribution in [0, 0.1) is 17.8 Å². The Morgan fingerprint density at radius 3 is 3.00 bits per heavy atom. The summed E-state index contributed by atoms with van der Waals surface area (Å²) in [7, 11) is 0. The lowest BCUT2D eigenvalue weighted by atomic mass is 10.2. The van der Waals surface area contributed by atoms with Crippen LogP contribution in [0.25, 0.3) is 0 Å². The van der Waals surface area contributed by atoms with Gasteiger partial charge in [-0.3, -0.25) is 0 Å². The van der Waals surface area contributed by atoms with Gasteiger partial charge in [-0.1, -0.05) is 18.8 Å². The fourth-order valence-electron chi connectivity index (χ4n) is 1.16. The number of thioether (sulfide) groups is 1. The van der Waals surface area contributed by atoms with Crippen LogP contribution in [0.15, 0.2) is 11.4 Å². The second-order valence-electron chi connectivity index (χ2n) is 3.88. The molecule has 0 aliphatic heterocycles. The number of aliphatic hydroxyl groups excluding tert-OH is 2. The van der Waals surface area contributed by atoms with Gasteiger partial charge in [0.1, 0.15) is 0 Å². The van der Waals surface area contributed by atoms with Crippen LogP contribution in [0.5, 0.6) is 0 Å². The Morgan fingerprint density at radius 2 is 2.29 bits per heavy atom. The van der Waals surface area contributed by atoms with Crippen molar-refractivity contribution in [1.29, 1.82) is 0 Å². The summed E-state index contributed by atoms with van der Waals surface area (Å²) < 4.78 is 0. The van der Waals surface area contributed by atoms with Gasteiger partial charge in [-0.05, 0) is 17.7 Å². The van der Waals surface area contributed by atoms with Crippen molar-refractivity contribution in [2.24, 2.45) is 5.92 Å². The molecule has 0 fully saturated rings. The monoisotopic (exact) mass is 270 g/mol. The van der Waals surface area contributed by atoms with Gasteiger partial charge < -0.3 is 10.2 Å². The first kappa shape index (κ1) is 14.6. The average molecular weight is 270 g/mol. The molecule has 1 unspecified atom stereocenters. The van der Waals surface area contributed by atoms with Crippen molar-refractivity contribution in [1.82, 2.24) is 0 Å². The Kier molecular flexibility index (Phi) is 7.38. The second kappa shape index (κ2) is 8.60. The zero-order valence-corrected chi connectivity index (χ0v) is 11.6. The molecular weight excluding hydrogens is 252 g/mol. The second-order valence-corrected chi connectivity index (χ2v) is 5.91. The minimum absolute atomic E-state index is 0.124. The van der Waals surface area contributed by atoms with Crippen LogP contribution in [0.3, 0.4) is 0 Å². The number of thiophene rings is 1. The van der Waals surface area contributed by atoms with E-state index in [4.69, 9.17) is 10.2 Å². The van der Waals surface area contributed by atoms with Crippen molar-refractivity contribution in [3.8, 4) is 11.8 Å². The Morgan fingerprint density at radius 1 is 1.47 bits per heavy atom. The summed E-state index contributed by atoms with van der Waals surface area (Å²) in [6, 6.07) is 2.10. The van der Waals surface area contributed by atoms with Gasteiger partial charge in [-0.15, -0.1) is 11.3 Å². The maximum absolute atomic E-state index is 8.91. The molecule has 4 heteroatoms. The highest BCUT2D eigenvalue weighted by Gasteiger charge is 2.02. The summed E-state index contributed by atoms with van der Waals surface area (Å²) in [4.78, 5) is 1.31. The Hall–Kier alpha value is -0.470. The molecule has 94 valence electrons. The van der Waals surface area contributed by atoms with Gasteiger partial charge in [0.05, 0.1) is 6.61 Å². The predicted octanol–water partition coefficient (Wildman–Crippen LogP) is 2.34. The highest BCUT2D eigenvalue weighted by atomic mass is 32.2. The smallest absolute Gasteiger partial charge is 0.0540 e. The molecule has 1 heterocycles. The number of hydrogen-bond acceptors (Lipinski definition) is 4. The maximum atomic E-state index is 8.91. The van der Waals surface area contributed by atoms with E-state index in [0.717, 1.165) is 17.1 Å². The lowest BCUT2D eigenvalue weighted by Gasteiger charge is -2.05. The zero-order valence-electron chi connectivity index (χ0n) is 9.98. The largest absolute Gasteiger partial charge is 0.396 e. The van der Waals surface area contributed by atoms with E-state index in [1.807, 2.05) is 18.7 Å². The number of rotatable bonds is 6. The molecule has 1 aromatic heterocycles. The van der Waals surface area contributed by atoms with Crippen LogP contribution in [0.4, 0.5) is 0 Å². The van der Waals surface area contributed by atoms with Gasteiger partial charge in [0.2, 0.25) is 0 Å². The highest BCUT2D eigenvalue weighted by molar-refractivity contribution is 7.98. The molecule has 0 bridgehead atoms. The van der Waals surface area contributed by atoms with Crippen molar-refractivity contribution in [3.05, 3.63) is 21.9 Å². The van der Waals surface area contributed by atoms with Crippen molar-refractivity contribution in [2.75, 3.05) is 19.0 Å². The fraction of sp³-hybridized carbons (Fsp3) is 0.538. The molecule has 1 aromatic rings. The summed E-state index contributed by atoms with van der Waals surface area (Å²) in [5.74, 6) is 8.28. The van der Waals surface area contributed by atoms with Crippen LogP contribution in [-0.2, 0) is 5.75 Å². The van der Waals surface area contributed by atoms with Crippen molar-refractivity contribution >= 4 is 23.1 Å². The SMILES string of the molecule is CC(CO)CSCc1cc(C#CCCO)cs1. The number of aliphatic hydroxyl groups is 2. The summed E-state index contributed by atoms with van der Waals surface area (Å²) >= 11 is 3.56. The van der Waals surface area contributed by atoms with Crippen LogP contribution in [-0.4, -0.2) is 29.2 Å². The van der Waals surface area contributed by atoms with E-state index in [2.05, 4.69) is 23.3 Å². The molecule has 0 saturated carbocycles. The molecule has 2 nitrogen and oxygen atoms in total. The summed E-state index contributed by atoms with van der Waals surface area (Å²) in [6.45, 7) is 2.43. The molecule has 2 N–H and O–H groups in total. The lowest BCUT2D eigenvalue weighted by Crippen LogP contribution is -2.03. The van der Waals surface area contributed by atoms with E-state index >= 15 is 0 Å². The summed E-state index contributed by atoms with van der Waals surface area (Å²) in [6.07, 6.45) is 0.536. The summed E-state index contributed by atoms with van der Waals surface area (Å²) in [5, 5.41) is 19.6. The first-order valence-electron chi connectivity index (χ1n) is 5.62. The third-order valence-electron chi connectivity index (χ3n) is 2.08. The first-order valence-corrected chi connectivity index (χ1v) is 7.65. The van der Waals surface area contributed by atoms with E-state index in [1.165, 1.54) is 4.88 Å². The van der Waals surface area contributed by atoms with Crippen molar-refractivity contribution in [3.63, 3.8) is 0 Å². The van der Waals surface area contributed by atoms with Gasteiger partial charge in [-0.25, -0.2) is 0 Å². The molecule has 0 saturated heterocycles. The van der Waals surface area contributed by atoms with Gasteiger partial charge >= 0.3 is 0 Å². The van der Waals surface area contributed by atoms with Crippen LogP contribution < -0.4 is 0 Å². The van der Waals surface area contributed by atoms with Gasteiger partial charge in [0, 0.05) is 34.6 Å². The minimum atomic E-state index is 0.124. The maximum Gasteiger partial charge on any atom is 0.0540 e. The fourth-order valence-corrected chi connectivity index (χ4v) is 3.19. The molecule has 1 atom stereocenters. The first-order chi connectivity index (χ1) is 8.26. The lowest BCUT2D eigenvalue weighted by molar-refractivity contribution is 0.250. The standard InChI is InChI=1S/C13H18O2S2/c1-11(7-15)8-16-10-13-6-12(9-17-13)4-2-3-5-14/h6,9,11,14-15H,3,5,7-8,10H2,1H3. The predicted molar refractivity (Wildman–Crippen MR) is 75.3 cm³/mol. The Labute approximate surface area is 111 Å². The third kappa shape index (κ3) is 6.13. The molecule has 0 spiro atoms. The molecule has 0 aromatic carbocycles. The minimum Gasteiger partial charge on any atom is -0.396 e. The van der Waals surface area contributed by atoms with Crippen LogP contribution >= 0.6 is 23.1 Å². The Balaban J connectivity index is 2.34. The summed E-state index contributed by atoms with van der Waals surface area (Å²) in [5.41, 5.74) is 1.04. The Bertz CT molecular complexity index is 376. The van der Waals surface area contributed by atoms with Gasteiger partial charge in [0.15, 0.2) is 0 Å².